The van der Waals surface area contributed by atoms with Crippen molar-refractivity contribution in [1.82, 2.24) is 4.31 Å². The fraction of sp³-hybridized carbons (Fsp3) is 0.350. The first-order valence-corrected chi connectivity index (χ1v) is 12.2. The van der Waals surface area contributed by atoms with Gasteiger partial charge in [0.15, 0.2) is 0 Å². The molecule has 3 rings (SSSR count). The number of nitrogens with zero attached hydrogens (tertiary/aromatic N) is 1. The normalized spacial score (nSPS) is 15.2. The zero-order valence-electron chi connectivity index (χ0n) is 16.4. The molecular weight excluding hydrogens is 470 g/mol. The van der Waals surface area contributed by atoms with Gasteiger partial charge in [0, 0.05) is 19.5 Å². The smallest absolute Gasteiger partial charge is 0.289 e. The Hall–Kier alpha value is -1.72. The number of morpholine rings is 1. The molecule has 1 aliphatic rings. The minimum Gasteiger partial charge on any atom is -0.379 e. The molecule has 11 heteroatoms. The number of ether oxygens (including phenoxy) is 1. The summed E-state index contributed by atoms with van der Waals surface area (Å²) < 4.78 is 57.4. The Balaban J connectivity index is 1.59. The largest absolute Gasteiger partial charge is 0.379 e. The topological polar surface area (TPSA) is 75.7 Å². The highest BCUT2D eigenvalue weighted by Gasteiger charge is 2.26. The van der Waals surface area contributed by atoms with E-state index in [1.54, 1.807) is 18.2 Å². The number of thioether (sulfide) groups is 1. The quantitative estimate of drug-likeness (QED) is 0.560. The maximum atomic E-state index is 12.8. The Bertz CT molecular complexity index is 1010. The van der Waals surface area contributed by atoms with Gasteiger partial charge < -0.3 is 10.1 Å². The van der Waals surface area contributed by atoms with Crippen molar-refractivity contribution in [3.05, 3.63) is 53.1 Å². The van der Waals surface area contributed by atoms with Crippen LogP contribution in [0.15, 0.2) is 52.3 Å². The van der Waals surface area contributed by atoms with Gasteiger partial charge in [-0.25, -0.2) is 8.42 Å². The van der Waals surface area contributed by atoms with E-state index in [-0.39, 0.29) is 44.6 Å². The lowest BCUT2D eigenvalue weighted by molar-refractivity contribution is -0.116. The van der Waals surface area contributed by atoms with E-state index in [1.807, 2.05) is 0 Å². The van der Waals surface area contributed by atoms with Crippen molar-refractivity contribution in [2.75, 3.05) is 31.6 Å². The molecule has 0 atom stereocenters. The first kappa shape index (κ1) is 23.9. The van der Waals surface area contributed by atoms with Gasteiger partial charge in [0.05, 0.1) is 33.7 Å². The van der Waals surface area contributed by atoms with Gasteiger partial charge in [-0.05, 0) is 36.2 Å². The van der Waals surface area contributed by atoms with Crippen LogP contribution in [0.25, 0.3) is 0 Å². The molecule has 168 valence electrons. The third kappa shape index (κ3) is 6.39. The van der Waals surface area contributed by atoms with Crippen LogP contribution in [0.4, 0.5) is 14.5 Å². The maximum absolute atomic E-state index is 12.8. The van der Waals surface area contributed by atoms with Gasteiger partial charge in [-0.15, -0.1) is 0 Å². The third-order valence-corrected chi connectivity index (χ3v) is 7.81. The molecule has 1 N–H and O–H groups in total. The molecule has 0 aromatic heterocycles. The fourth-order valence-electron chi connectivity index (χ4n) is 3.05. The van der Waals surface area contributed by atoms with E-state index in [1.165, 1.54) is 28.6 Å². The summed E-state index contributed by atoms with van der Waals surface area (Å²) in [6.45, 7) is 1.38. The van der Waals surface area contributed by atoms with Crippen molar-refractivity contribution < 1.29 is 26.7 Å². The van der Waals surface area contributed by atoms with Crippen LogP contribution in [0, 0.1) is 0 Å². The first-order chi connectivity index (χ1) is 14.8. The number of sulfonamides is 1. The maximum Gasteiger partial charge on any atom is 0.289 e. The average molecular weight is 491 g/mol. The molecule has 1 aliphatic heterocycles. The summed E-state index contributed by atoms with van der Waals surface area (Å²) in [6, 6.07) is 10.9. The van der Waals surface area contributed by atoms with Crippen molar-refractivity contribution >= 4 is 45.0 Å². The van der Waals surface area contributed by atoms with Gasteiger partial charge in [-0.1, -0.05) is 41.6 Å². The molecule has 0 saturated carbocycles. The Kier molecular flexibility index (Phi) is 8.29. The molecule has 1 amide bonds. The number of rotatable bonds is 8. The Morgan fingerprint density at radius 1 is 1.16 bits per heavy atom. The number of aryl methyl sites for hydroxylation is 1. The zero-order chi connectivity index (χ0) is 22.4. The number of hydrogen-bond acceptors (Lipinski definition) is 5. The predicted molar refractivity (Wildman–Crippen MR) is 116 cm³/mol. The van der Waals surface area contributed by atoms with Gasteiger partial charge in [-0.2, -0.15) is 13.1 Å². The number of halogens is 3. The van der Waals surface area contributed by atoms with Crippen LogP contribution in [0.2, 0.25) is 5.02 Å². The highest BCUT2D eigenvalue weighted by molar-refractivity contribution is 7.99. The van der Waals surface area contributed by atoms with Crippen LogP contribution in [-0.2, 0) is 26.0 Å². The number of benzene rings is 2. The molecule has 0 spiro atoms. The number of hydrogen-bond donors (Lipinski definition) is 1. The minimum atomic E-state index is -3.57. The van der Waals surface area contributed by atoms with Crippen LogP contribution in [0.1, 0.15) is 12.0 Å². The second-order valence-electron chi connectivity index (χ2n) is 6.70. The van der Waals surface area contributed by atoms with Gasteiger partial charge >= 0.3 is 0 Å². The third-order valence-electron chi connectivity index (χ3n) is 4.62. The van der Waals surface area contributed by atoms with E-state index >= 15 is 0 Å². The van der Waals surface area contributed by atoms with Crippen molar-refractivity contribution in [2.45, 2.75) is 28.4 Å². The van der Waals surface area contributed by atoms with Gasteiger partial charge in [-0.3, -0.25) is 4.79 Å². The molecular formula is C20H21ClF2N2O4S2. The molecule has 2 aromatic rings. The van der Waals surface area contributed by atoms with Gasteiger partial charge in [0.25, 0.3) is 5.76 Å². The molecule has 0 unspecified atom stereocenters. The molecule has 31 heavy (non-hydrogen) atoms. The number of alkyl halides is 2. The van der Waals surface area contributed by atoms with E-state index in [0.29, 0.717) is 32.7 Å². The number of amides is 1. The van der Waals surface area contributed by atoms with Crippen molar-refractivity contribution in [1.29, 1.82) is 0 Å². The molecule has 0 aliphatic carbocycles. The standard InChI is InChI=1S/C20H21ClF2N2O4S2/c21-16-2-1-3-17(19(16)30-20(22)23)24-18(26)9-6-14-4-7-15(8-5-14)31(27,28)25-10-12-29-13-11-25/h1-5,7-8,20H,6,9-13H2,(H,24,26). The zero-order valence-corrected chi connectivity index (χ0v) is 18.8. The number of anilines is 1. The fourth-order valence-corrected chi connectivity index (χ4v) is 5.37. The summed E-state index contributed by atoms with van der Waals surface area (Å²) in [5.41, 5.74) is 1.01. The van der Waals surface area contributed by atoms with E-state index in [4.69, 9.17) is 16.3 Å². The lowest BCUT2D eigenvalue weighted by Crippen LogP contribution is -2.40. The summed E-state index contributed by atoms with van der Waals surface area (Å²) in [7, 11) is -3.57. The van der Waals surface area contributed by atoms with Crippen LogP contribution in [0.5, 0.6) is 0 Å². The van der Waals surface area contributed by atoms with E-state index < -0.39 is 15.8 Å². The van der Waals surface area contributed by atoms with E-state index in [2.05, 4.69) is 5.32 Å². The molecule has 2 aromatic carbocycles. The molecule has 0 radical (unpaired) electrons. The molecule has 1 saturated heterocycles. The highest BCUT2D eigenvalue weighted by atomic mass is 35.5. The number of carbonyl (C=O) groups excluding carboxylic acids is 1. The van der Waals surface area contributed by atoms with Crippen LogP contribution in [-0.4, -0.2) is 50.7 Å². The number of carbonyl (C=O) groups is 1. The van der Waals surface area contributed by atoms with E-state index in [9.17, 15) is 22.0 Å². The predicted octanol–water partition coefficient (Wildman–Crippen LogP) is 4.25. The molecule has 0 bridgehead atoms. The Morgan fingerprint density at radius 3 is 2.48 bits per heavy atom. The number of nitrogens with one attached hydrogen (secondary N) is 1. The van der Waals surface area contributed by atoms with Crippen LogP contribution < -0.4 is 5.32 Å². The lowest BCUT2D eigenvalue weighted by Gasteiger charge is -2.26. The van der Waals surface area contributed by atoms with Crippen LogP contribution in [0.3, 0.4) is 0 Å². The van der Waals surface area contributed by atoms with Crippen molar-refractivity contribution in [3.8, 4) is 0 Å². The van der Waals surface area contributed by atoms with Crippen molar-refractivity contribution in [3.63, 3.8) is 0 Å². The molecule has 1 heterocycles. The second kappa shape index (κ2) is 10.7. The summed E-state index contributed by atoms with van der Waals surface area (Å²) in [6.07, 6.45) is 0.461. The minimum absolute atomic E-state index is 0.0981. The summed E-state index contributed by atoms with van der Waals surface area (Å²) in [5, 5.41) is 2.75. The van der Waals surface area contributed by atoms with Crippen LogP contribution >= 0.6 is 23.4 Å². The SMILES string of the molecule is O=C(CCc1ccc(S(=O)(=O)N2CCOCC2)cc1)Nc1cccc(Cl)c1SC(F)F. The van der Waals surface area contributed by atoms with Gasteiger partial charge in [0.2, 0.25) is 15.9 Å². The first-order valence-electron chi connectivity index (χ1n) is 9.47. The summed E-state index contributed by atoms with van der Waals surface area (Å²) in [5.74, 6) is -3.02. The second-order valence-corrected chi connectivity index (χ2v) is 10.0. The lowest BCUT2D eigenvalue weighted by atomic mass is 10.1. The summed E-state index contributed by atoms with van der Waals surface area (Å²) >= 11 is 6.25. The Labute approximate surface area is 189 Å². The highest BCUT2D eigenvalue weighted by Crippen LogP contribution is 2.37. The monoisotopic (exact) mass is 490 g/mol. The van der Waals surface area contributed by atoms with E-state index in [0.717, 1.165) is 5.56 Å². The summed E-state index contributed by atoms with van der Waals surface area (Å²) in [4.78, 5) is 12.6. The Morgan fingerprint density at radius 2 is 1.84 bits per heavy atom. The van der Waals surface area contributed by atoms with Gasteiger partial charge in [0.1, 0.15) is 0 Å². The molecule has 6 nitrogen and oxygen atoms in total. The average Bonchev–Trinajstić information content (AvgIpc) is 2.75. The van der Waals surface area contributed by atoms with Crippen molar-refractivity contribution in [2.24, 2.45) is 0 Å². The molecule has 1 fully saturated rings.